The fraction of sp³-hybridized carbons (Fsp3) is 0.412. The summed E-state index contributed by atoms with van der Waals surface area (Å²) in [6.07, 6.45) is 3.86. The Hall–Kier alpha value is -2.41. The highest BCUT2D eigenvalue weighted by Gasteiger charge is 2.16. The van der Waals surface area contributed by atoms with Crippen molar-refractivity contribution in [3.63, 3.8) is 0 Å². The zero-order valence-corrected chi connectivity index (χ0v) is 14.6. The van der Waals surface area contributed by atoms with Crippen molar-refractivity contribution in [1.29, 1.82) is 0 Å². The summed E-state index contributed by atoms with van der Waals surface area (Å²) in [5.41, 5.74) is 1.73. The average Bonchev–Trinajstić information content (AvgIpc) is 2.98. The van der Waals surface area contributed by atoms with Gasteiger partial charge in [-0.25, -0.2) is 4.39 Å². The fourth-order valence-corrected chi connectivity index (χ4v) is 2.45. The van der Waals surface area contributed by atoms with Gasteiger partial charge < -0.3 is 15.5 Å². The minimum atomic E-state index is -0.220. The van der Waals surface area contributed by atoms with E-state index >= 15 is 0 Å². The van der Waals surface area contributed by atoms with Crippen molar-refractivity contribution in [1.82, 2.24) is 25.3 Å². The number of aliphatic imine (C=N–C) groups is 1. The summed E-state index contributed by atoms with van der Waals surface area (Å²) in [6, 6.07) is 6.87. The van der Waals surface area contributed by atoms with Crippen molar-refractivity contribution in [3.8, 4) is 0 Å². The number of hydrogen-bond acceptors (Lipinski definition) is 3. The van der Waals surface area contributed by atoms with Crippen molar-refractivity contribution in [2.75, 3.05) is 27.7 Å². The van der Waals surface area contributed by atoms with Crippen LogP contribution in [0.4, 0.5) is 4.39 Å². The van der Waals surface area contributed by atoms with Crippen LogP contribution in [-0.2, 0) is 13.6 Å². The zero-order chi connectivity index (χ0) is 17.5. The second-order valence-electron chi connectivity index (χ2n) is 5.82. The van der Waals surface area contributed by atoms with Crippen LogP contribution in [0.1, 0.15) is 17.2 Å². The van der Waals surface area contributed by atoms with Crippen LogP contribution in [-0.4, -0.2) is 48.3 Å². The SMILES string of the molecule is CN=C(NCc1ccccc1F)NCC(c1cnn(C)c1)N(C)C. The Morgan fingerprint density at radius 2 is 2.08 bits per heavy atom. The Morgan fingerprint density at radius 3 is 2.67 bits per heavy atom. The zero-order valence-electron chi connectivity index (χ0n) is 14.6. The molecule has 1 heterocycles. The van der Waals surface area contributed by atoms with Crippen molar-refractivity contribution < 1.29 is 4.39 Å². The molecule has 2 N–H and O–H groups in total. The van der Waals surface area contributed by atoms with Gasteiger partial charge in [-0.15, -0.1) is 0 Å². The van der Waals surface area contributed by atoms with Gasteiger partial charge in [0.1, 0.15) is 5.82 Å². The third-order valence-electron chi connectivity index (χ3n) is 3.82. The molecule has 0 saturated heterocycles. The maximum Gasteiger partial charge on any atom is 0.191 e. The van der Waals surface area contributed by atoms with Crippen molar-refractivity contribution in [2.24, 2.45) is 12.0 Å². The number of halogens is 1. The number of aromatic nitrogens is 2. The number of likely N-dealkylation sites (N-methyl/N-ethyl adjacent to an activating group) is 1. The maximum atomic E-state index is 13.7. The van der Waals surface area contributed by atoms with E-state index in [0.29, 0.717) is 24.6 Å². The quantitative estimate of drug-likeness (QED) is 0.622. The normalized spacial score (nSPS) is 13.2. The van der Waals surface area contributed by atoms with E-state index < -0.39 is 0 Å². The van der Waals surface area contributed by atoms with Crippen LogP contribution in [0.2, 0.25) is 0 Å². The molecule has 0 bridgehead atoms. The Balaban J connectivity index is 1.93. The molecule has 0 amide bonds. The van der Waals surface area contributed by atoms with E-state index in [1.807, 2.05) is 39.6 Å². The lowest BCUT2D eigenvalue weighted by molar-refractivity contribution is 0.298. The lowest BCUT2D eigenvalue weighted by Gasteiger charge is -2.24. The number of rotatable bonds is 6. The number of nitrogens with zero attached hydrogens (tertiary/aromatic N) is 4. The van der Waals surface area contributed by atoms with E-state index in [2.05, 4.69) is 25.6 Å². The van der Waals surface area contributed by atoms with Gasteiger partial charge in [-0.1, -0.05) is 18.2 Å². The van der Waals surface area contributed by atoms with Crippen LogP contribution in [0.5, 0.6) is 0 Å². The molecule has 2 rings (SSSR count). The standard InChI is InChI=1S/C17H25FN6/c1-19-17(20-9-13-7-5-6-8-15(13)18)21-11-16(23(2)3)14-10-22-24(4)12-14/h5-8,10,12,16H,9,11H2,1-4H3,(H2,19,20,21). The highest BCUT2D eigenvalue weighted by atomic mass is 19.1. The first kappa shape index (κ1) is 17.9. The molecular formula is C17H25FN6. The second kappa shape index (κ2) is 8.44. The number of benzene rings is 1. The van der Waals surface area contributed by atoms with Crippen molar-refractivity contribution >= 4 is 5.96 Å². The molecule has 1 aromatic heterocycles. The summed E-state index contributed by atoms with van der Waals surface area (Å²) in [7, 11) is 7.65. The molecule has 130 valence electrons. The van der Waals surface area contributed by atoms with Crippen LogP contribution in [0.15, 0.2) is 41.7 Å². The third kappa shape index (κ3) is 4.79. The smallest absolute Gasteiger partial charge is 0.191 e. The summed E-state index contributed by atoms with van der Waals surface area (Å²) >= 11 is 0. The molecule has 0 fully saturated rings. The number of guanidine groups is 1. The molecule has 0 aliphatic carbocycles. The highest BCUT2D eigenvalue weighted by Crippen LogP contribution is 2.16. The molecule has 7 heteroatoms. The molecule has 0 aliphatic rings. The molecular weight excluding hydrogens is 307 g/mol. The van der Waals surface area contributed by atoms with Gasteiger partial charge in [-0.3, -0.25) is 9.67 Å². The van der Waals surface area contributed by atoms with Crippen LogP contribution >= 0.6 is 0 Å². The first-order valence-electron chi connectivity index (χ1n) is 7.84. The van der Waals surface area contributed by atoms with Crippen LogP contribution in [0, 0.1) is 5.82 Å². The van der Waals surface area contributed by atoms with E-state index in [4.69, 9.17) is 0 Å². The Bertz CT molecular complexity index is 679. The van der Waals surface area contributed by atoms with Gasteiger partial charge in [0.2, 0.25) is 0 Å². The minimum absolute atomic E-state index is 0.158. The monoisotopic (exact) mass is 332 g/mol. The van der Waals surface area contributed by atoms with E-state index in [9.17, 15) is 4.39 Å². The van der Waals surface area contributed by atoms with Gasteiger partial charge in [0.25, 0.3) is 0 Å². The predicted octanol–water partition coefficient (Wildman–Crippen LogP) is 1.53. The van der Waals surface area contributed by atoms with Gasteiger partial charge in [-0.2, -0.15) is 5.10 Å². The van der Waals surface area contributed by atoms with Gasteiger partial charge in [0.15, 0.2) is 5.96 Å². The molecule has 6 nitrogen and oxygen atoms in total. The molecule has 0 saturated carbocycles. The first-order chi connectivity index (χ1) is 11.5. The third-order valence-corrected chi connectivity index (χ3v) is 3.82. The first-order valence-corrected chi connectivity index (χ1v) is 7.84. The number of aryl methyl sites for hydroxylation is 1. The lowest BCUT2D eigenvalue weighted by Crippen LogP contribution is -2.41. The molecule has 0 spiro atoms. The van der Waals surface area contributed by atoms with Crippen LogP contribution in [0.3, 0.4) is 0 Å². The summed E-state index contributed by atoms with van der Waals surface area (Å²) < 4.78 is 15.5. The van der Waals surface area contributed by atoms with E-state index in [-0.39, 0.29) is 11.9 Å². The Morgan fingerprint density at radius 1 is 1.33 bits per heavy atom. The molecule has 2 aromatic rings. The Kier molecular flexibility index (Phi) is 6.31. The van der Waals surface area contributed by atoms with Crippen molar-refractivity contribution in [3.05, 3.63) is 53.6 Å². The molecule has 0 radical (unpaired) electrons. The molecule has 0 aliphatic heterocycles. The number of hydrogen-bond donors (Lipinski definition) is 2. The van der Waals surface area contributed by atoms with Gasteiger partial charge in [0, 0.05) is 44.5 Å². The molecule has 1 unspecified atom stereocenters. The summed E-state index contributed by atoms with van der Waals surface area (Å²) in [6.45, 7) is 1.04. The lowest BCUT2D eigenvalue weighted by atomic mass is 10.1. The highest BCUT2D eigenvalue weighted by molar-refractivity contribution is 5.79. The van der Waals surface area contributed by atoms with Gasteiger partial charge in [0.05, 0.1) is 12.2 Å². The second-order valence-corrected chi connectivity index (χ2v) is 5.82. The Labute approximate surface area is 142 Å². The van der Waals surface area contributed by atoms with E-state index in [1.54, 1.807) is 23.9 Å². The van der Waals surface area contributed by atoms with E-state index in [0.717, 1.165) is 5.56 Å². The van der Waals surface area contributed by atoms with Crippen LogP contribution < -0.4 is 10.6 Å². The molecule has 24 heavy (non-hydrogen) atoms. The predicted molar refractivity (Wildman–Crippen MR) is 94.2 cm³/mol. The van der Waals surface area contributed by atoms with E-state index in [1.165, 1.54) is 6.07 Å². The van der Waals surface area contributed by atoms with Crippen LogP contribution in [0.25, 0.3) is 0 Å². The summed E-state index contributed by atoms with van der Waals surface area (Å²) in [5.74, 6) is 0.413. The maximum absolute atomic E-state index is 13.7. The molecule has 1 atom stereocenters. The molecule has 1 aromatic carbocycles. The average molecular weight is 332 g/mol. The summed E-state index contributed by atoms with van der Waals surface area (Å²) in [5, 5.41) is 10.7. The van der Waals surface area contributed by atoms with Crippen molar-refractivity contribution in [2.45, 2.75) is 12.6 Å². The largest absolute Gasteiger partial charge is 0.354 e. The van der Waals surface area contributed by atoms with Gasteiger partial charge in [-0.05, 0) is 20.2 Å². The topological polar surface area (TPSA) is 57.5 Å². The van der Waals surface area contributed by atoms with Gasteiger partial charge >= 0.3 is 0 Å². The minimum Gasteiger partial charge on any atom is -0.354 e. The number of nitrogens with one attached hydrogen (secondary N) is 2. The summed E-state index contributed by atoms with van der Waals surface area (Å²) in [4.78, 5) is 6.31. The fourth-order valence-electron chi connectivity index (χ4n) is 2.45.